The molecule has 6 rings (SSSR count). The van der Waals surface area contributed by atoms with Crippen molar-refractivity contribution in [3.05, 3.63) is 84.1 Å². The van der Waals surface area contributed by atoms with Crippen LogP contribution in [0.4, 0.5) is 0 Å². The Balaban J connectivity index is 1.67. The van der Waals surface area contributed by atoms with Crippen LogP contribution in [0.1, 0.15) is 20.3 Å². The van der Waals surface area contributed by atoms with Crippen molar-refractivity contribution in [2.45, 2.75) is 24.6 Å². The summed E-state index contributed by atoms with van der Waals surface area (Å²) in [4.78, 5) is 1.03. The summed E-state index contributed by atoms with van der Waals surface area (Å²) in [6, 6.07) is 22.8. The van der Waals surface area contributed by atoms with Crippen LogP contribution < -0.4 is 4.57 Å². The Kier molecular flexibility index (Phi) is 3.90. The van der Waals surface area contributed by atoms with Crippen molar-refractivity contribution in [3.63, 3.8) is 0 Å². The van der Waals surface area contributed by atoms with Gasteiger partial charge in [-0.2, -0.15) is 0 Å². The van der Waals surface area contributed by atoms with Crippen LogP contribution in [-0.4, -0.2) is 5.75 Å². The van der Waals surface area contributed by atoms with Gasteiger partial charge in [0.2, 0.25) is 5.69 Å². The first-order chi connectivity index (χ1) is 16.0. The molecule has 2 aromatic heterocycles. The number of hydrogen-bond acceptors (Lipinski definition) is 2. The van der Waals surface area contributed by atoms with E-state index >= 15 is 0 Å². The fourth-order valence-corrected chi connectivity index (χ4v) is 5.69. The molecule has 0 amide bonds. The molecule has 0 saturated carbocycles. The van der Waals surface area contributed by atoms with E-state index in [-0.39, 0.29) is 0 Å². The smallest absolute Gasteiger partial charge is 0.216 e. The van der Waals surface area contributed by atoms with Gasteiger partial charge < -0.3 is 4.42 Å². The summed E-state index contributed by atoms with van der Waals surface area (Å²) in [6.07, 6.45) is 1.30. The number of fused-ring (bicyclic) bond motifs is 4. The van der Waals surface area contributed by atoms with Crippen LogP contribution in [0.3, 0.4) is 0 Å². The number of thioether (sulfide) groups is 1. The van der Waals surface area contributed by atoms with Crippen molar-refractivity contribution in [2.75, 3.05) is 5.75 Å². The largest absolute Gasteiger partial charge is 0.454 e. The minimum atomic E-state index is -1.30. The minimum Gasteiger partial charge on any atom is -0.454 e. The van der Waals surface area contributed by atoms with Gasteiger partial charge >= 0.3 is 0 Å². The first-order valence-corrected chi connectivity index (χ1v) is 11.6. The molecule has 31 heavy (non-hydrogen) atoms. The summed E-state index contributed by atoms with van der Waals surface area (Å²) in [6.45, 7) is 2.13. The van der Waals surface area contributed by atoms with Gasteiger partial charge in [-0.15, -0.1) is 11.8 Å². The average molecular weight is 425 g/mol. The highest BCUT2D eigenvalue weighted by molar-refractivity contribution is 7.99. The van der Waals surface area contributed by atoms with Gasteiger partial charge in [0.05, 0.1) is 5.56 Å². The summed E-state index contributed by atoms with van der Waals surface area (Å²) in [5.74, 6) is 0.779. The zero-order chi connectivity index (χ0) is 22.7. The van der Waals surface area contributed by atoms with E-state index in [1.807, 2.05) is 18.2 Å². The van der Waals surface area contributed by atoms with E-state index in [1.165, 1.54) is 5.56 Å². The molecule has 3 aromatic carbocycles. The number of pyridine rings is 1. The van der Waals surface area contributed by atoms with Gasteiger partial charge in [-0.1, -0.05) is 48.5 Å². The second-order valence-electron chi connectivity index (χ2n) is 8.07. The predicted molar refractivity (Wildman–Crippen MR) is 130 cm³/mol. The molecule has 0 spiro atoms. The molecule has 0 atom stereocenters. The summed E-state index contributed by atoms with van der Waals surface area (Å²) >= 11 is 1.75. The zero-order valence-corrected chi connectivity index (χ0v) is 18.4. The molecule has 1 aliphatic rings. The second-order valence-corrected chi connectivity index (χ2v) is 9.18. The molecule has 1 aliphatic heterocycles. The number of para-hydroxylation sites is 1. The predicted octanol–water partition coefficient (Wildman–Crippen LogP) is 7.09. The highest BCUT2D eigenvalue weighted by Gasteiger charge is 2.22. The first kappa shape index (κ1) is 16.6. The Morgan fingerprint density at radius 3 is 2.65 bits per heavy atom. The number of furan rings is 1. The lowest BCUT2D eigenvalue weighted by Gasteiger charge is -2.18. The van der Waals surface area contributed by atoms with Gasteiger partial charge in [0.25, 0.3) is 0 Å². The number of benzene rings is 3. The van der Waals surface area contributed by atoms with E-state index in [4.69, 9.17) is 7.16 Å². The molecule has 0 bridgehead atoms. The summed E-state index contributed by atoms with van der Waals surface area (Å²) < 4.78 is 25.8. The van der Waals surface area contributed by atoms with E-state index < -0.39 is 6.37 Å². The van der Waals surface area contributed by atoms with E-state index in [0.29, 0.717) is 6.42 Å². The lowest BCUT2D eigenvalue weighted by Crippen LogP contribution is -2.30. The van der Waals surface area contributed by atoms with Crippen molar-refractivity contribution in [2.24, 2.45) is 7.05 Å². The number of nitrogens with zero attached hydrogens (tertiary/aromatic N) is 1. The lowest BCUT2D eigenvalue weighted by molar-refractivity contribution is -0.660. The number of aromatic nitrogens is 1. The molecule has 3 heteroatoms. The number of aryl methyl sites for hydroxylation is 3. The second kappa shape index (κ2) is 7.28. The van der Waals surface area contributed by atoms with Gasteiger partial charge in [-0.05, 0) is 48.2 Å². The monoisotopic (exact) mass is 424 g/mol. The molecule has 0 unspecified atom stereocenters. The normalized spacial score (nSPS) is 16.2. The molecule has 152 valence electrons. The molecule has 3 heterocycles. The van der Waals surface area contributed by atoms with E-state index in [2.05, 4.69) is 73.3 Å². The van der Waals surface area contributed by atoms with Crippen LogP contribution in [0.5, 0.6) is 0 Å². The van der Waals surface area contributed by atoms with Gasteiger partial charge in [0, 0.05) is 36.1 Å². The maximum absolute atomic E-state index is 8.51. The van der Waals surface area contributed by atoms with Crippen molar-refractivity contribution in [3.8, 4) is 22.4 Å². The first-order valence-electron chi connectivity index (χ1n) is 11.6. The molecular weight excluding hydrogens is 398 g/mol. The quantitative estimate of drug-likeness (QED) is 0.281. The third-order valence-electron chi connectivity index (χ3n) is 6.16. The summed E-state index contributed by atoms with van der Waals surface area (Å²) in [5.41, 5.74) is 8.01. The number of hydrogen-bond donors (Lipinski definition) is 0. The van der Waals surface area contributed by atoms with E-state index in [1.54, 1.807) is 11.8 Å². The highest BCUT2D eigenvalue weighted by atomic mass is 32.2. The zero-order valence-electron chi connectivity index (χ0n) is 19.6. The third kappa shape index (κ3) is 2.91. The number of rotatable bonds is 2. The molecule has 0 radical (unpaired) electrons. The lowest BCUT2D eigenvalue weighted by atomic mass is 9.97. The molecular formula is C28H24NOS+. The Labute approximate surface area is 189 Å². The Hall–Kier alpha value is -3.04. The van der Waals surface area contributed by atoms with Crippen LogP contribution in [-0.2, 0) is 13.4 Å². The Morgan fingerprint density at radius 1 is 0.903 bits per heavy atom. The van der Waals surface area contributed by atoms with Crippen molar-refractivity contribution >= 4 is 33.7 Å². The van der Waals surface area contributed by atoms with Crippen LogP contribution in [0.2, 0.25) is 0 Å². The molecule has 0 saturated heterocycles. The molecule has 0 fully saturated rings. The highest BCUT2D eigenvalue weighted by Crippen LogP contribution is 2.44. The topological polar surface area (TPSA) is 17.0 Å². The van der Waals surface area contributed by atoms with Gasteiger partial charge in [-0.25, -0.2) is 4.57 Å². The third-order valence-corrected chi connectivity index (χ3v) is 7.29. The maximum atomic E-state index is 8.51. The summed E-state index contributed by atoms with van der Waals surface area (Å²) in [5, 5.41) is 2.19. The van der Waals surface area contributed by atoms with Crippen LogP contribution in [0, 0.1) is 6.92 Å². The van der Waals surface area contributed by atoms with Crippen molar-refractivity contribution in [1.29, 1.82) is 0 Å². The Morgan fingerprint density at radius 2 is 1.74 bits per heavy atom. The van der Waals surface area contributed by atoms with E-state index in [9.17, 15) is 0 Å². The molecule has 5 aromatic rings. The Bertz CT molecular complexity index is 1550. The van der Waals surface area contributed by atoms with Gasteiger partial charge in [0.15, 0.2) is 6.20 Å². The van der Waals surface area contributed by atoms with Crippen LogP contribution in [0.25, 0.3) is 44.3 Å². The molecule has 0 aliphatic carbocycles. The van der Waals surface area contributed by atoms with Crippen LogP contribution in [0.15, 0.2) is 82.2 Å². The van der Waals surface area contributed by atoms with E-state index in [0.717, 1.165) is 60.5 Å². The summed E-state index contributed by atoms with van der Waals surface area (Å²) in [7, 11) is 2.06. The van der Waals surface area contributed by atoms with Gasteiger partial charge in [0.1, 0.15) is 18.2 Å². The fraction of sp³-hybridized carbons (Fsp3) is 0.179. The standard InChI is InChI=1S/C28H24NOS/c1-18-14-15-22-20-10-6-11-21(23-12-5-8-19-9-7-17-31-28(19)23)26(20)30-27(22)25(18)24-13-3-4-16-29(24)2/h3-6,8,10-16H,7,9,17H2,1-2H3/q+1/i9D2. The average Bonchev–Trinajstić information content (AvgIpc) is 3.18. The van der Waals surface area contributed by atoms with Crippen LogP contribution >= 0.6 is 11.8 Å². The van der Waals surface area contributed by atoms with Crippen molar-refractivity contribution in [1.82, 2.24) is 0 Å². The maximum Gasteiger partial charge on any atom is 0.216 e. The van der Waals surface area contributed by atoms with Crippen molar-refractivity contribution < 1.29 is 11.7 Å². The molecule has 2 nitrogen and oxygen atoms in total. The van der Waals surface area contributed by atoms with Gasteiger partial charge in [-0.3, -0.25) is 0 Å². The molecule has 0 N–H and O–H groups in total. The minimum absolute atomic E-state index is 0.541. The fourth-order valence-electron chi connectivity index (χ4n) is 4.66. The SMILES string of the molecule is [2H]C1([2H])CCSc2c(-c3cccc4c3oc3c(-c5cccc[n+]5C)c(C)ccc34)cccc21.